The van der Waals surface area contributed by atoms with Gasteiger partial charge >= 0.3 is 0 Å². The van der Waals surface area contributed by atoms with Gasteiger partial charge in [-0.1, -0.05) is 12.1 Å². The Labute approximate surface area is 169 Å². The molecule has 29 heavy (non-hydrogen) atoms. The minimum atomic E-state index is -0.565. The summed E-state index contributed by atoms with van der Waals surface area (Å²) >= 11 is 0. The third-order valence-corrected chi connectivity index (χ3v) is 6.54. The first kappa shape index (κ1) is 18.7. The van der Waals surface area contributed by atoms with Crippen molar-refractivity contribution in [2.75, 3.05) is 32.8 Å². The van der Waals surface area contributed by atoms with E-state index in [2.05, 4.69) is 21.6 Å². The Morgan fingerprint density at radius 2 is 2.03 bits per heavy atom. The van der Waals surface area contributed by atoms with E-state index in [-0.39, 0.29) is 24.1 Å². The van der Waals surface area contributed by atoms with Crippen molar-refractivity contribution >= 4 is 17.7 Å². The predicted molar refractivity (Wildman–Crippen MR) is 104 cm³/mol. The number of likely N-dealkylation sites (tertiary alicyclic amines) is 1. The number of fused-ring (bicyclic) bond motifs is 1. The molecule has 0 spiro atoms. The Balaban J connectivity index is 1.25. The molecule has 2 unspecified atom stereocenters. The molecule has 3 fully saturated rings. The molecular formula is C21H26N4O4. The summed E-state index contributed by atoms with van der Waals surface area (Å²) in [6, 6.07) is 5.27. The van der Waals surface area contributed by atoms with Gasteiger partial charge in [0.1, 0.15) is 6.04 Å². The highest BCUT2D eigenvalue weighted by Gasteiger charge is 2.40. The molecule has 1 aromatic carbocycles. The fourth-order valence-corrected chi connectivity index (χ4v) is 4.90. The van der Waals surface area contributed by atoms with E-state index in [0.717, 1.165) is 50.5 Å². The van der Waals surface area contributed by atoms with Crippen LogP contribution in [-0.4, -0.2) is 72.5 Å². The van der Waals surface area contributed by atoms with Crippen molar-refractivity contribution in [3.8, 4) is 0 Å². The zero-order chi connectivity index (χ0) is 20.0. The number of hydrogen-bond donors (Lipinski definition) is 2. The van der Waals surface area contributed by atoms with Gasteiger partial charge in [-0.25, -0.2) is 0 Å². The van der Waals surface area contributed by atoms with E-state index in [4.69, 9.17) is 4.74 Å². The lowest BCUT2D eigenvalue weighted by Crippen LogP contribution is -2.56. The van der Waals surface area contributed by atoms with Crippen molar-refractivity contribution < 1.29 is 19.1 Å². The van der Waals surface area contributed by atoms with Crippen LogP contribution in [0.3, 0.4) is 0 Å². The smallest absolute Gasteiger partial charge is 0.255 e. The maximum atomic E-state index is 12.9. The van der Waals surface area contributed by atoms with Crippen LogP contribution in [0, 0.1) is 5.92 Å². The molecule has 5 rings (SSSR count). The van der Waals surface area contributed by atoms with Gasteiger partial charge in [0, 0.05) is 57.2 Å². The maximum absolute atomic E-state index is 12.9. The summed E-state index contributed by atoms with van der Waals surface area (Å²) in [4.78, 5) is 40.6. The van der Waals surface area contributed by atoms with Crippen LogP contribution in [0.4, 0.5) is 0 Å². The monoisotopic (exact) mass is 398 g/mol. The summed E-state index contributed by atoms with van der Waals surface area (Å²) in [5.74, 6) is -0.183. The van der Waals surface area contributed by atoms with Gasteiger partial charge in [-0.2, -0.15) is 0 Å². The third kappa shape index (κ3) is 3.45. The molecule has 0 radical (unpaired) electrons. The zero-order valence-corrected chi connectivity index (χ0v) is 16.4. The number of carbonyl (C=O) groups excluding carboxylic acids is 3. The van der Waals surface area contributed by atoms with Crippen LogP contribution < -0.4 is 10.6 Å². The van der Waals surface area contributed by atoms with Crippen molar-refractivity contribution in [2.45, 2.75) is 38.1 Å². The molecule has 4 aliphatic rings. The fraction of sp³-hybridized carbons (Fsp3) is 0.571. The number of rotatable bonds is 4. The number of imide groups is 1. The van der Waals surface area contributed by atoms with Crippen LogP contribution in [0.2, 0.25) is 0 Å². The molecule has 4 aliphatic heterocycles. The average Bonchev–Trinajstić information content (AvgIpc) is 3.02. The Morgan fingerprint density at radius 1 is 1.17 bits per heavy atom. The van der Waals surface area contributed by atoms with Crippen LogP contribution in [-0.2, 0) is 27.4 Å². The Morgan fingerprint density at radius 3 is 2.79 bits per heavy atom. The van der Waals surface area contributed by atoms with E-state index in [1.165, 1.54) is 0 Å². The zero-order valence-electron chi connectivity index (χ0n) is 16.4. The highest BCUT2D eigenvalue weighted by Crippen LogP contribution is 2.32. The van der Waals surface area contributed by atoms with E-state index in [1.807, 2.05) is 12.1 Å². The lowest BCUT2D eigenvalue weighted by atomic mass is 9.91. The van der Waals surface area contributed by atoms with Crippen molar-refractivity contribution in [1.29, 1.82) is 0 Å². The summed E-state index contributed by atoms with van der Waals surface area (Å²) in [6.07, 6.45) is 0.964. The van der Waals surface area contributed by atoms with Crippen LogP contribution >= 0.6 is 0 Å². The number of ether oxygens (including phenoxy) is 1. The van der Waals surface area contributed by atoms with E-state index in [1.54, 1.807) is 4.90 Å². The van der Waals surface area contributed by atoms with E-state index in [0.29, 0.717) is 30.6 Å². The van der Waals surface area contributed by atoms with Crippen molar-refractivity contribution in [3.63, 3.8) is 0 Å². The standard InChI is InChI=1S/C21H26N4O4/c26-19-5-4-17(20(27)23-19)25-12-16-13(2-1-3-15(16)21(25)28)9-24-10-14(11-24)18-8-22-6-7-29-18/h1-3,14,17-18,22H,4-12H2,(H,23,26,27). The minimum absolute atomic E-state index is 0.112. The second-order valence-corrected chi connectivity index (χ2v) is 8.41. The molecule has 0 bridgehead atoms. The highest BCUT2D eigenvalue weighted by atomic mass is 16.5. The first-order valence-corrected chi connectivity index (χ1v) is 10.4. The van der Waals surface area contributed by atoms with Crippen LogP contribution in [0.5, 0.6) is 0 Å². The number of amides is 3. The Hall–Kier alpha value is -2.29. The molecule has 154 valence electrons. The molecule has 3 saturated heterocycles. The largest absolute Gasteiger partial charge is 0.375 e. The molecule has 0 aromatic heterocycles. The fourth-order valence-electron chi connectivity index (χ4n) is 4.90. The van der Waals surface area contributed by atoms with Gasteiger partial charge in [0.25, 0.3) is 5.91 Å². The summed E-state index contributed by atoms with van der Waals surface area (Å²) in [5.41, 5.74) is 2.84. The lowest BCUT2D eigenvalue weighted by molar-refractivity contribution is -0.136. The second kappa shape index (κ2) is 7.51. The topological polar surface area (TPSA) is 91.0 Å². The Kier molecular flexibility index (Phi) is 4.85. The van der Waals surface area contributed by atoms with Crippen LogP contribution in [0.1, 0.15) is 34.3 Å². The van der Waals surface area contributed by atoms with Crippen molar-refractivity contribution in [2.24, 2.45) is 5.92 Å². The number of piperidine rings is 1. The van der Waals surface area contributed by atoms with E-state index < -0.39 is 6.04 Å². The first-order chi connectivity index (χ1) is 14.1. The Bertz CT molecular complexity index is 845. The minimum Gasteiger partial charge on any atom is -0.375 e. The van der Waals surface area contributed by atoms with Crippen molar-refractivity contribution in [1.82, 2.24) is 20.4 Å². The number of morpholine rings is 1. The molecule has 0 aliphatic carbocycles. The molecule has 8 heteroatoms. The normalized spacial score (nSPS) is 28.3. The highest BCUT2D eigenvalue weighted by molar-refractivity contribution is 6.05. The molecule has 3 amide bonds. The van der Waals surface area contributed by atoms with Gasteiger partial charge in [0.15, 0.2) is 0 Å². The van der Waals surface area contributed by atoms with Gasteiger partial charge in [-0.15, -0.1) is 0 Å². The number of carbonyl (C=O) groups is 3. The van der Waals surface area contributed by atoms with Crippen LogP contribution in [0.25, 0.3) is 0 Å². The molecule has 2 N–H and O–H groups in total. The van der Waals surface area contributed by atoms with Gasteiger partial charge < -0.3 is 15.0 Å². The average molecular weight is 398 g/mol. The summed E-state index contributed by atoms with van der Waals surface area (Å²) in [5, 5.41) is 5.75. The predicted octanol–water partition coefficient (Wildman–Crippen LogP) is -0.132. The summed E-state index contributed by atoms with van der Waals surface area (Å²) < 4.78 is 5.87. The molecular weight excluding hydrogens is 372 g/mol. The number of benzene rings is 1. The maximum Gasteiger partial charge on any atom is 0.255 e. The van der Waals surface area contributed by atoms with Gasteiger partial charge in [0.05, 0.1) is 12.7 Å². The van der Waals surface area contributed by atoms with Gasteiger partial charge in [-0.05, 0) is 23.6 Å². The number of nitrogens with one attached hydrogen (secondary N) is 2. The molecule has 2 atom stereocenters. The quantitative estimate of drug-likeness (QED) is 0.687. The van der Waals surface area contributed by atoms with Gasteiger partial charge in [0.2, 0.25) is 11.8 Å². The molecule has 4 heterocycles. The number of nitrogens with zero attached hydrogens (tertiary/aromatic N) is 2. The number of hydrogen-bond acceptors (Lipinski definition) is 6. The summed E-state index contributed by atoms with van der Waals surface area (Å²) in [6.45, 7) is 5.88. The second-order valence-electron chi connectivity index (χ2n) is 8.41. The summed E-state index contributed by atoms with van der Waals surface area (Å²) in [7, 11) is 0. The SMILES string of the molecule is O=C1CCC(N2Cc3c(CN4CC(C5CNCCO5)C4)cccc3C2=O)C(=O)N1. The molecule has 8 nitrogen and oxygen atoms in total. The third-order valence-electron chi connectivity index (χ3n) is 6.54. The van der Waals surface area contributed by atoms with Crippen LogP contribution in [0.15, 0.2) is 18.2 Å². The van der Waals surface area contributed by atoms with Gasteiger partial charge in [-0.3, -0.25) is 24.6 Å². The van der Waals surface area contributed by atoms with E-state index >= 15 is 0 Å². The van der Waals surface area contributed by atoms with Crippen molar-refractivity contribution in [3.05, 3.63) is 34.9 Å². The first-order valence-electron chi connectivity index (χ1n) is 10.4. The molecule has 0 saturated carbocycles. The lowest BCUT2D eigenvalue weighted by Gasteiger charge is -2.44. The molecule has 1 aromatic rings. The van der Waals surface area contributed by atoms with E-state index in [9.17, 15) is 14.4 Å².